The summed E-state index contributed by atoms with van der Waals surface area (Å²) in [5.41, 5.74) is 2.88. The Balaban J connectivity index is 1.87. The van der Waals surface area contributed by atoms with Crippen LogP contribution in [0.1, 0.15) is 18.2 Å². The summed E-state index contributed by atoms with van der Waals surface area (Å²) < 4.78 is 0. The number of nitrogens with one attached hydrogen (secondary N) is 2. The lowest BCUT2D eigenvalue weighted by Crippen LogP contribution is -2.24. The van der Waals surface area contributed by atoms with Gasteiger partial charge in [0.15, 0.2) is 0 Å². The topological polar surface area (TPSA) is 66.9 Å². The van der Waals surface area contributed by atoms with Crippen molar-refractivity contribution in [3.63, 3.8) is 0 Å². The zero-order chi connectivity index (χ0) is 14.2. The van der Waals surface area contributed by atoms with Gasteiger partial charge in [-0.25, -0.2) is 0 Å². The number of aromatic nitrogens is 2. The monoisotopic (exact) mass is 270 g/mol. The Kier molecular flexibility index (Phi) is 5.06. The van der Waals surface area contributed by atoms with Crippen LogP contribution in [0.5, 0.6) is 0 Å². The Morgan fingerprint density at radius 3 is 2.65 bits per heavy atom. The molecule has 1 heterocycles. The summed E-state index contributed by atoms with van der Waals surface area (Å²) in [6, 6.07) is 7.83. The van der Waals surface area contributed by atoms with Crippen LogP contribution in [0.2, 0.25) is 0 Å². The van der Waals surface area contributed by atoms with E-state index in [4.69, 9.17) is 0 Å². The molecule has 5 heteroatoms. The van der Waals surface area contributed by atoms with E-state index in [1.807, 2.05) is 31.2 Å². The molecule has 0 saturated heterocycles. The summed E-state index contributed by atoms with van der Waals surface area (Å²) in [5.74, 6) is 0.0489. The smallest absolute Gasteiger partial charge is 0.224 e. The first kappa shape index (κ1) is 14.0. The minimum Gasteiger partial charge on any atom is -0.379 e. The van der Waals surface area contributed by atoms with E-state index in [9.17, 15) is 4.79 Å². The number of benzene rings is 1. The molecule has 0 aliphatic rings. The van der Waals surface area contributed by atoms with Gasteiger partial charge in [0.25, 0.3) is 0 Å². The van der Waals surface area contributed by atoms with E-state index in [0.717, 1.165) is 16.9 Å². The van der Waals surface area contributed by atoms with E-state index in [-0.39, 0.29) is 5.91 Å². The first-order valence-corrected chi connectivity index (χ1v) is 6.62. The van der Waals surface area contributed by atoms with E-state index in [1.54, 1.807) is 18.6 Å². The normalized spacial score (nSPS) is 10.1. The van der Waals surface area contributed by atoms with Gasteiger partial charge in [0.05, 0.1) is 24.9 Å². The quantitative estimate of drug-likeness (QED) is 0.839. The standard InChI is InChI=1S/C15H18N4O/c1-2-17-15(20)9-12-3-5-13(6-4-12)19-11-14-10-16-7-8-18-14/h3-8,10,19H,2,9,11H2,1H3,(H,17,20). The van der Waals surface area contributed by atoms with Crippen LogP contribution in [-0.2, 0) is 17.8 Å². The van der Waals surface area contributed by atoms with Gasteiger partial charge < -0.3 is 10.6 Å². The van der Waals surface area contributed by atoms with Crippen molar-refractivity contribution in [1.29, 1.82) is 0 Å². The molecule has 0 spiro atoms. The highest BCUT2D eigenvalue weighted by atomic mass is 16.1. The van der Waals surface area contributed by atoms with Crippen molar-refractivity contribution in [2.24, 2.45) is 0 Å². The Morgan fingerprint density at radius 2 is 2.00 bits per heavy atom. The molecule has 0 fully saturated rings. The Hall–Kier alpha value is -2.43. The third-order valence-electron chi connectivity index (χ3n) is 2.78. The van der Waals surface area contributed by atoms with E-state index in [1.165, 1.54) is 0 Å². The van der Waals surface area contributed by atoms with Gasteiger partial charge in [0.1, 0.15) is 0 Å². The molecule has 0 atom stereocenters. The fraction of sp³-hybridized carbons (Fsp3) is 0.267. The average molecular weight is 270 g/mol. The van der Waals surface area contributed by atoms with Gasteiger partial charge in [-0.05, 0) is 24.6 Å². The highest BCUT2D eigenvalue weighted by molar-refractivity contribution is 5.78. The highest BCUT2D eigenvalue weighted by Crippen LogP contribution is 2.11. The molecule has 0 aliphatic carbocycles. The fourth-order valence-electron chi connectivity index (χ4n) is 1.80. The van der Waals surface area contributed by atoms with Crippen LogP contribution >= 0.6 is 0 Å². The summed E-state index contributed by atoms with van der Waals surface area (Å²) in [6.07, 6.45) is 5.47. The molecule has 0 saturated carbocycles. The van der Waals surface area contributed by atoms with Crippen molar-refractivity contribution in [2.75, 3.05) is 11.9 Å². The molecule has 1 amide bonds. The van der Waals surface area contributed by atoms with Crippen molar-refractivity contribution in [2.45, 2.75) is 19.9 Å². The van der Waals surface area contributed by atoms with Crippen molar-refractivity contribution in [3.05, 3.63) is 54.1 Å². The molecule has 0 bridgehead atoms. The number of hydrogen-bond donors (Lipinski definition) is 2. The minimum absolute atomic E-state index is 0.0489. The van der Waals surface area contributed by atoms with Crippen molar-refractivity contribution >= 4 is 11.6 Å². The first-order valence-electron chi connectivity index (χ1n) is 6.62. The van der Waals surface area contributed by atoms with Crippen LogP contribution in [0.3, 0.4) is 0 Å². The van der Waals surface area contributed by atoms with Gasteiger partial charge in [-0.3, -0.25) is 14.8 Å². The van der Waals surface area contributed by atoms with Gasteiger partial charge >= 0.3 is 0 Å². The lowest BCUT2D eigenvalue weighted by Gasteiger charge is -2.07. The van der Waals surface area contributed by atoms with E-state index in [2.05, 4.69) is 20.6 Å². The largest absolute Gasteiger partial charge is 0.379 e. The Bertz CT molecular complexity index is 540. The van der Waals surface area contributed by atoms with Crippen LogP contribution < -0.4 is 10.6 Å². The molecule has 0 radical (unpaired) electrons. The lowest BCUT2D eigenvalue weighted by atomic mass is 10.1. The molecule has 1 aromatic heterocycles. The van der Waals surface area contributed by atoms with Crippen LogP contribution in [-0.4, -0.2) is 22.4 Å². The van der Waals surface area contributed by atoms with Crippen LogP contribution in [0.25, 0.3) is 0 Å². The second-order valence-electron chi connectivity index (χ2n) is 4.38. The average Bonchev–Trinajstić information content (AvgIpc) is 2.48. The molecular formula is C15H18N4O. The maximum absolute atomic E-state index is 11.5. The number of carbonyl (C=O) groups excluding carboxylic acids is 1. The molecule has 2 aromatic rings. The molecule has 1 aromatic carbocycles. The minimum atomic E-state index is 0.0489. The SMILES string of the molecule is CCNC(=O)Cc1ccc(NCc2cnccn2)cc1. The first-order chi connectivity index (χ1) is 9.78. The van der Waals surface area contributed by atoms with Gasteiger partial charge in [-0.1, -0.05) is 12.1 Å². The number of nitrogens with zero attached hydrogens (tertiary/aromatic N) is 2. The van der Waals surface area contributed by atoms with Gasteiger partial charge in [-0.15, -0.1) is 0 Å². The summed E-state index contributed by atoms with van der Waals surface area (Å²) >= 11 is 0. The molecule has 20 heavy (non-hydrogen) atoms. The number of carbonyl (C=O) groups is 1. The zero-order valence-corrected chi connectivity index (χ0v) is 11.5. The molecule has 0 unspecified atom stereocenters. The molecule has 0 aliphatic heterocycles. The number of likely N-dealkylation sites (N-methyl/N-ethyl adjacent to an activating group) is 1. The fourth-order valence-corrected chi connectivity index (χ4v) is 1.80. The van der Waals surface area contributed by atoms with Crippen LogP contribution in [0.15, 0.2) is 42.9 Å². The van der Waals surface area contributed by atoms with E-state index in [0.29, 0.717) is 19.5 Å². The molecule has 2 N–H and O–H groups in total. The maximum atomic E-state index is 11.5. The zero-order valence-electron chi connectivity index (χ0n) is 11.5. The molecule has 2 rings (SSSR count). The number of anilines is 1. The Morgan fingerprint density at radius 1 is 1.20 bits per heavy atom. The van der Waals surface area contributed by atoms with Crippen LogP contribution in [0, 0.1) is 0 Å². The van der Waals surface area contributed by atoms with E-state index < -0.39 is 0 Å². The third kappa shape index (κ3) is 4.35. The van der Waals surface area contributed by atoms with E-state index >= 15 is 0 Å². The van der Waals surface area contributed by atoms with Crippen molar-refractivity contribution < 1.29 is 4.79 Å². The number of rotatable bonds is 6. The maximum Gasteiger partial charge on any atom is 0.224 e. The summed E-state index contributed by atoms with van der Waals surface area (Å²) in [6.45, 7) is 3.21. The summed E-state index contributed by atoms with van der Waals surface area (Å²) in [7, 11) is 0. The predicted octanol–water partition coefficient (Wildman–Crippen LogP) is 1.77. The highest BCUT2D eigenvalue weighted by Gasteiger charge is 2.02. The van der Waals surface area contributed by atoms with Gasteiger partial charge in [0.2, 0.25) is 5.91 Å². The third-order valence-corrected chi connectivity index (χ3v) is 2.78. The number of amides is 1. The van der Waals surface area contributed by atoms with Gasteiger partial charge in [0, 0.05) is 24.6 Å². The predicted molar refractivity (Wildman–Crippen MR) is 78.2 cm³/mol. The Labute approximate surface area is 118 Å². The molecule has 104 valence electrons. The lowest BCUT2D eigenvalue weighted by molar-refractivity contribution is -0.120. The second kappa shape index (κ2) is 7.23. The summed E-state index contributed by atoms with van der Waals surface area (Å²) in [5, 5.41) is 6.05. The van der Waals surface area contributed by atoms with Gasteiger partial charge in [-0.2, -0.15) is 0 Å². The summed E-state index contributed by atoms with van der Waals surface area (Å²) in [4.78, 5) is 19.7. The van der Waals surface area contributed by atoms with Crippen molar-refractivity contribution in [3.8, 4) is 0 Å². The van der Waals surface area contributed by atoms with Crippen molar-refractivity contribution in [1.82, 2.24) is 15.3 Å². The molecular weight excluding hydrogens is 252 g/mol. The van der Waals surface area contributed by atoms with Crippen LogP contribution in [0.4, 0.5) is 5.69 Å². The molecule has 5 nitrogen and oxygen atoms in total. The second-order valence-corrected chi connectivity index (χ2v) is 4.38. The number of hydrogen-bond acceptors (Lipinski definition) is 4.